The van der Waals surface area contributed by atoms with Gasteiger partial charge in [0.05, 0.1) is 36.9 Å². The highest BCUT2D eigenvalue weighted by Crippen LogP contribution is 2.49. The number of hydrogen-bond acceptors (Lipinski definition) is 5. The molecule has 0 bridgehead atoms. The van der Waals surface area contributed by atoms with Crippen molar-refractivity contribution in [2.24, 2.45) is 0 Å². The number of methoxy groups -OCH3 is 1. The van der Waals surface area contributed by atoms with Gasteiger partial charge in [0.2, 0.25) is 0 Å². The van der Waals surface area contributed by atoms with Gasteiger partial charge in [-0.25, -0.2) is 0 Å². The molecule has 1 atom stereocenters. The first-order valence-electron chi connectivity index (χ1n) is 11.1. The lowest BCUT2D eigenvalue weighted by Gasteiger charge is -2.31. The molecule has 2 heterocycles. The summed E-state index contributed by atoms with van der Waals surface area (Å²) >= 11 is 0. The van der Waals surface area contributed by atoms with Crippen molar-refractivity contribution in [2.75, 3.05) is 12.0 Å². The molecule has 184 valence electrons. The molecular formula is C27H20F3NO5. The van der Waals surface area contributed by atoms with Crippen LogP contribution in [0.2, 0.25) is 0 Å². The molecule has 2 aliphatic heterocycles. The highest BCUT2D eigenvalue weighted by atomic mass is 19.4. The van der Waals surface area contributed by atoms with E-state index in [0.29, 0.717) is 33.7 Å². The molecule has 0 radical (unpaired) electrons. The zero-order valence-corrected chi connectivity index (χ0v) is 19.3. The normalized spacial score (nSPS) is 16.2. The van der Waals surface area contributed by atoms with Crippen molar-refractivity contribution in [3.8, 4) is 16.9 Å². The Labute approximate surface area is 204 Å². The van der Waals surface area contributed by atoms with Crippen LogP contribution in [-0.2, 0) is 27.0 Å². The number of alkyl halides is 3. The summed E-state index contributed by atoms with van der Waals surface area (Å²) in [6.07, 6.45) is -5.28. The van der Waals surface area contributed by atoms with Gasteiger partial charge in [-0.3, -0.25) is 14.4 Å². The van der Waals surface area contributed by atoms with Crippen molar-refractivity contribution in [3.63, 3.8) is 0 Å². The van der Waals surface area contributed by atoms with E-state index in [4.69, 9.17) is 9.47 Å². The van der Waals surface area contributed by atoms with Crippen LogP contribution in [0.3, 0.4) is 0 Å². The number of halogens is 3. The summed E-state index contributed by atoms with van der Waals surface area (Å²) in [5, 5.41) is 0. The number of amides is 1. The minimum absolute atomic E-state index is 0.0851. The van der Waals surface area contributed by atoms with Crippen LogP contribution in [0.4, 0.5) is 18.9 Å². The standard InChI is InChI=1S/C27H20F3NO5/c1-14-23-18(17-5-3-4-6-20(17)36-21(23)12-22(32)35-2)11-19-24(14)31(26(34)25(19)33)13-15-7-9-16(10-8-15)27(28,29)30/h3-11,21H,12-13H2,1-2H3. The Morgan fingerprint density at radius 3 is 2.39 bits per heavy atom. The Hall–Kier alpha value is -4.14. The minimum atomic E-state index is -4.48. The van der Waals surface area contributed by atoms with Crippen molar-refractivity contribution in [1.29, 1.82) is 0 Å². The zero-order chi connectivity index (χ0) is 25.8. The van der Waals surface area contributed by atoms with Gasteiger partial charge in [-0.2, -0.15) is 13.2 Å². The fourth-order valence-electron chi connectivity index (χ4n) is 4.84. The maximum Gasteiger partial charge on any atom is 0.416 e. The summed E-state index contributed by atoms with van der Waals surface area (Å²) in [5.74, 6) is -1.42. The van der Waals surface area contributed by atoms with E-state index in [0.717, 1.165) is 17.7 Å². The van der Waals surface area contributed by atoms with Gasteiger partial charge < -0.3 is 14.4 Å². The number of esters is 1. The smallest absolute Gasteiger partial charge is 0.416 e. The molecule has 0 saturated carbocycles. The van der Waals surface area contributed by atoms with E-state index in [1.165, 1.54) is 24.1 Å². The molecular weight excluding hydrogens is 475 g/mol. The van der Waals surface area contributed by atoms with E-state index in [2.05, 4.69) is 0 Å². The molecule has 0 saturated heterocycles. The molecule has 0 aromatic heterocycles. The molecule has 3 aromatic carbocycles. The lowest BCUT2D eigenvalue weighted by atomic mass is 9.85. The fourth-order valence-corrected chi connectivity index (χ4v) is 4.84. The summed E-state index contributed by atoms with van der Waals surface area (Å²) in [6, 6.07) is 13.3. The number of fused-ring (bicyclic) bond motifs is 4. The predicted octanol–water partition coefficient (Wildman–Crippen LogP) is 5.41. The van der Waals surface area contributed by atoms with Crippen LogP contribution >= 0.6 is 0 Å². The molecule has 5 rings (SSSR count). The Morgan fingerprint density at radius 2 is 1.72 bits per heavy atom. The number of nitrogens with zero attached hydrogens (tertiary/aromatic N) is 1. The first-order chi connectivity index (χ1) is 17.1. The third-order valence-corrected chi connectivity index (χ3v) is 6.52. The molecule has 3 aromatic rings. The average molecular weight is 495 g/mol. The van der Waals surface area contributed by atoms with Gasteiger partial charge in [0, 0.05) is 11.1 Å². The zero-order valence-electron chi connectivity index (χ0n) is 19.3. The van der Waals surface area contributed by atoms with Crippen molar-refractivity contribution in [2.45, 2.75) is 32.2 Å². The molecule has 9 heteroatoms. The monoisotopic (exact) mass is 495 g/mol. The Morgan fingerprint density at radius 1 is 1.03 bits per heavy atom. The van der Waals surface area contributed by atoms with E-state index >= 15 is 0 Å². The van der Waals surface area contributed by atoms with Crippen molar-refractivity contribution < 1.29 is 37.0 Å². The first-order valence-corrected chi connectivity index (χ1v) is 11.1. The summed E-state index contributed by atoms with van der Waals surface area (Å²) < 4.78 is 49.8. The molecule has 1 unspecified atom stereocenters. The number of Topliss-reactive ketones (excluding diaryl/α,β-unsaturated/α-hetero) is 1. The van der Waals surface area contributed by atoms with Crippen molar-refractivity contribution >= 4 is 23.3 Å². The fraction of sp³-hybridized carbons (Fsp3) is 0.222. The summed E-state index contributed by atoms with van der Waals surface area (Å²) in [6.45, 7) is 1.65. The molecule has 1 amide bonds. The number of carbonyl (C=O) groups is 3. The van der Waals surface area contributed by atoms with E-state index in [1.54, 1.807) is 25.1 Å². The molecule has 36 heavy (non-hydrogen) atoms. The molecule has 0 N–H and O–H groups in total. The number of para-hydroxylation sites is 1. The van der Waals surface area contributed by atoms with Gasteiger partial charge in [-0.15, -0.1) is 0 Å². The predicted molar refractivity (Wildman–Crippen MR) is 124 cm³/mol. The van der Waals surface area contributed by atoms with Crippen molar-refractivity contribution in [3.05, 3.63) is 82.4 Å². The lowest BCUT2D eigenvalue weighted by molar-refractivity contribution is -0.142. The van der Waals surface area contributed by atoms with Gasteiger partial charge >= 0.3 is 12.1 Å². The quantitative estimate of drug-likeness (QED) is 0.358. The van der Waals surface area contributed by atoms with Crippen molar-refractivity contribution in [1.82, 2.24) is 0 Å². The molecule has 2 aliphatic rings. The van der Waals surface area contributed by atoms with E-state index in [9.17, 15) is 27.6 Å². The van der Waals surface area contributed by atoms with Crippen LogP contribution < -0.4 is 9.64 Å². The van der Waals surface area contributed by atoms with E-state index in [1.807, 2.05) is 12.1 Å². The highest BCUT2D eigenvalue weighted by Gasteiger charge is 2.41. The molecule has 0 aliphatic carbocycles. The second-order valence-electron chi connectivity index (χ2n) is 8.66. The number of benzene rings is 3. The van der Waals surface area contributed by atoms with Gasteiger partial charge in [0.1, 0.15) is 11.9 Å². The lowest BCUT2D eigenvalue weighted by Crippen LogP contribution is -2.29. The number of rotatable bonds is 4. The third-order valence-electron chi connectivity index (χ3n) is 6.52. The topological polar surface area (TPSA) is 72.9 Å². The second-order valence-corrected chi connectivity index (χ2v) is 8.66. The minimum Gasteiger partial charge on any atom is -0.484 e. The summed E-state index contributed by atoms with van der Waals surface area (Å²) in [5.41, 5.74) is 2.83. The van der Waals surface area contributed by atoms with Crippen LogP contribution in [0.5, 0.6) is 5.75 Å². The molecule has 6 nitrogen and oxygen atoms in total. The van der Waals surface area contributed by atoms with Gasteiger partial charge in [-0.1, -0.05) is 30.3 Å². The number of anilines is 1. The summed E-state index contributed by atoms with van der Waals surface area (Å²) in [4.78, 5) is 39.4. The Kier molecular flexibility index (Phi) is 5.58. The Balaban J connectivity index is 1.62. The van der Waals surface area contributed by atoms with Crippen LogP contribution in [0, 0.1) is 6.92 Å². The maximum atomic E-state index is 13.0. The van der Waals surface area contributed by atoms with Gasteiger partial charge in [0.25, 0.3) is 11.7 Å². The number of ketones is 1. The largest absolute Gasteiger partial charge is 0.484 e. The Bertz CT molecular complexity index is 1410. The average Bonchev–Trinajstić information content (AvgIpc) is 3.08. The van der Waals surface area contributed by atoms with Gasteiger partial charge in [0.15, 0.2) is 0 Å². The maximum absolute atomic E-state index is 13.0. The van der Waals surface area contributed by atoms with Crippen LogP contribution in [0.25, 0.3) is 11.1 Å². The van der Waals surface area contributed by atoms with Gasteiger partial charge in [-0.05, 0) is 47.9 Å². The SMILES string of the molecule is COC(=O)CC1Oc2ccccc2-c2cc3c(c(C)c21)N(Cc1ccc(C(F)(F)F)cc1)C(=O)C3=O. The number of ether oxygens (including phenoxy) is 2. The van der Waals surface area contributed by atoms with Crippen LogP contribution in [-0.4, -0.2) is 24.8 Å². The van der Waals surface area contributed by atoms with E-state index in [-0.39, 0.29) is 18.5 Å². The van der Waals surface area contributed by atoms with E-state index < -0.39 is 35.5 Å². The molecule has 0 fully saturated rings. The first kappa shape index (κ1) is 23.6. The number of carbonyl (C=O) groups excluding carboxylic acids is 3. The third kappa shape index (κ3) is 3.80. The highest BCUT2D eigenvalue weighted by molar-refractivity contribution is 6.52. The second kappa shape index (κ2) is 8.51. The summed E-state index contributed by atoms with van der Waals surface area (Å²) in [7, 11) is 1.28. The van der Waals surface area contributed by atoms with Crippen LogP contribution in [0.15, 0.2) is 54.6 Å². The molecule has 0 spiro atoms. The van der Waals surface area contributed by atoms with Crippen LogP contribution in [0.1, 0.15) is 45.1 Å². The number of hydrogen-bond donors (Lipinski definition) is 0.